The molecule has 2 heterocycles. The fourth-order valence-corrected chi connectivity index (χ4v) is 3.47. The lowest BCUT2D eigenvalue weighted by molar-refractivity contribution is -0.385. The predicted octanol–water partition coefficient (Wildman–Crippen LogP) is 1.70. The number of cyclic esters (lactones) is 1. The van der Waals surface area contributed by atoms with Gasteiger partial charge < -0.3 is 9.64 Å². The van der Waals surface area contributed by atoms with Crippen molar-refractivity contribution in [2.24, 2.45) is 0 Å². The van der Waals surface area contributed by atoms with E-state index >= 15 is 0 Å². The minimum atomic E-state index is -0.766. The van der Waals surface area contributed by atoms with E-state index in [-0.39, 0.29) is 41.6 Å². The van der Waals surface area contributed by atoms with Crippen molar-refractivity contribution in [3.8, 4) is 0 Å². The van der Waals surface area contributed by atoms with E-state index in [0.717, 1.165) is 29.2 Å². The maximum Gasteiger partial charge on any atom is 0.410 e. The molecule has 29 heavy (non-hydrogen) atoms. The van der Waals surface area contributed by atoms with Crippen molar-refractivity contribution in [1.29, 1.82) is 0 Å². The van der Waals surface area contributed by atoms with Gasteiger partial charge in [-0.1, -0.05) is 0 Å². The van der Waals surface area contributed by atoms with Gasteiger partial charge in [0.05, 0.1) is 27.5 Å². The molecule has 1 fully saturated rings. The fourth-order valence-electron chi connectivity index (χ4n) is 3.47. The molecule has 0 saturated carbocycles. The van der Waals surface area contributed by atoms with E-state index < -0.39 is 39.1 Å². The van der Waals surface area contributed by atoms with Crippen molar-refractivity contribution in [1.82, 2.24) is 9.80 Å². The quantitative estimate of drug-likeness (QED) is 0.417. The lowest BCUT2D eigenvalue weighted by atomic mass is 9.92. The molecule has 0 aromatic heterocycles. The van der Waals surface area contributed by atoms with E-state index in [1.807, 2.05) is 0 Å². The number of ether oxygens (including phenoxy) is 1. The molecule has 0 aliphatic carbocycles. The lowest BCUT2D eigenvalue weighted by Crippen LogP contribution is -2.44. The van der Waals surface area contributed by atoms with Crippen LogP contribution in [0, 0.1) is 20.2 Å². The molecule has 2 aliphatic heterocycles. The number of carbonyl (C=O) groups excluding carboxylic acids is 3. The summed E-state index contributed by atoms with van der Waals surface area (Å²) in [4.78, 5) is 60.6. The molecule has 12 nitrogen and oxygen atoms in total. The standard InChI is InChI=1S/C17H12N4O8/c22-15-12-7-10(20(25)26)5-9-6-11(21(27)28)8-13(14(9)12)16(23)19(15)2-1-18-3-4-29-17(18)24/h5-8H,1-4H2. The highest BCUT2D eigenvalue weighted by atomic mass is 16.6. The highest BCUT2D eigenvalue weighted by molar-refractivity contribution is 6.26. The summed E-state index contributed by atoms with van der Waals surface area (Å²) in [6, 6.07) is 4.27. The van der Waals surface area contributed by atoms with Gasteiger partial charge >= 0.3 is 6.09 Å². The molecular formula is C17H12N4O8. The molecule has 0 atom stereocenters. The molecule has 0 N–H and O–H groups in total. The number of non-ortho nitro benzene ring substituents is 2. The SMILES string of the molecule is O=C1OCCN1CCN1C(=O)c2cc([N+](=O)[O-])cc3cc([N+](=O)[O-])cc(c23)C1=O. The highest BCUT2D eigenvalue weighted by Gasteiger charge is 2.36. The van der Waals surface area contributed by atoms with Crippen LogP contribution in [0.1, 0.15) is 20.7 Å². The Balaban J connectivity index is 1.82. The molecule has 0 bridgehead atoms. The van der Waals surface area contributed by atoms with Crippen LogP contribution < -0.4 is 0 Å². The Morgan fingerprint density at radius 1 is 0.897 bits per heavy atom. The van der Waals surface area contributed by atoms with Gasteiger partial charge in [-0.15, -0.1) is 0 Å². The lowest BCUT2D eigenvalue weighted by Gasteiger charge is -2.28. The number of nitrogens with zero attached hydrogens (tertiary/aromatic N) is 4. The normalized spacial score (nSPS) is 15.8. The van der Waals surface area contributed by atoms with Gasteiger partial charge in [0.15, 0.2) is 0 Å². The first-order valence-corrected chi connectivity index (χ1v) is 8.46. The molecule has 0 radical (unpaired) electrons. The second-order valence-corrected chi connectivity index (χ2v) is 6.46. The van der Waals surface area contributed by atoms with Crippen LogP contribution in [0.3, 0.4) is 0 Å². The van der Waals surface area contributed by atoms with Gasteiger partial charge in [-0.2, -0.15) is 0 Å². The average Bonchev–Trinajstić information content (AvgIpc) is 3.09. The number of carbonyl (C=O) groups is 3. The van der Waals surface area contributed by atoms with Gasteiger partial charge in [0.1, 0.15) is 6.61 Å². The molecule has 0 spiro atoms. The third-order valence-electron chi connectivity index (χ3n) is 4.83. The Labute approximate surface area is 161 Å². The van der Waals surface area contributed by atoms with E-state index in [1.54, 1.807) is 0 Å². The van der Waals surface area contributed by atoms with Crippen molar-refractivity contribution >= 4 is 40.1 Å². The van der Waals surface area contributed by atoms with Crippen LogP contribution in [0.4, 0.5) is 16.2 Å². The number of hydrogen-bond donors (Lipinski definition) is 0. The Morgan fingerprint density at radius 3 is 1.90 bits per heavy atom. The Morgan fingerprint density at radius 2 is 1.45 bits per heavy atom. The number of nitro groups is 2. The molecular weight excluding hydrogens is 388 g/mol. The van der Waals surface area contributed by atoms with Crippen LogP contribution in [0.5, 0.6) is 0 Å². The topological polar surface area (TPSA) is 153 Å². The molecule has 12 heteroatoms. The second kappa shape index (κ2) is 6.51. The van der Waals surface area contributed by atoms with E-state index in [2.05, 4.69) is 0 Å². The van der Waals surface area contributed by atoms with Gasteiger partial charge in [0, 0.05) is 42.7 Å². The highest BCUT2D eigenvalue weighted by Crippen LogP contribution is 2.36. The Bertz CT molecular complexity index is 1060. The summed E-state index contributed by atoms with van der Waals surface area (Å²) in [5.41, 5.74) is -1.04. The van der Waals surface area contributed by atoms with Gasteiger partial charge in [-0.3, -0.25) is 34.7 Å². The Hall–Kier alpha value is -4.09. The van der Waals surface area contributed by atoms with Crippen LogP contribution >= 0.6 is 0 Å². The zero-order valence-corrected chi connectivity index (χ0v) is 14.7. The monoisotopic (exact) mass is 400 g/mol. The number of nitro benzene ring substituents is 2. The number of amides is 3. The van der Waals surface area contributed by atoms with Crippen LogP contribution in [-0.2, 0) is 4.74 Å². The molecule has 2 aromatic carbocycles. The summed E-state index contributed by atoms with van der Waals surface area (Å²) in [7, 11) is 0. The molecule has 4 rings (SSSR count). The summed E-state index contributed by atoms with van der Waals surface area (Å²) < 4.78 is 4.79. The van der Waals surface area contributed by atoms with E-state index in [4.69, 9.17) is 4.74 Å². The third-order valence-corrected chi connectivity index (χ3v) is 4.83. The number of hydrogen-bond acceptors (Lipinski definition) is 8. The van der Waals surface area contributed by atoms with E-state index in [9.17, 15) is 34.6 Å². The minimum absolute atomic E-state index is 0.0125. The van der Waals surface area contributed by atoms with Crippen molar-refractivity contribution in [2.45, 2.75) is 0 Å². The first-order chi connectivity index (χ1) is 13.8. The maximum atomic E-state index is 12.9. The maximum absolute atomic E-state index is 12.9. The van der Waals surface area contributed by atoms with Crippen molar-refractivity contribution in [3.63, 3.8) is 0 Å². The van der Waals surface area contributed by atoms with Crippen molar-refractivity contribution in [3.05, 3.63) is 55.6 Å². The molecule has 1 saturated heterocycles. The molecule has 2 aliphatic rings. The fraction of sp³-hybridized carbons (Fsp3) is 0.235. The van der Waals surface area contributed by atoms with Gasteiger partial charge in [-0.25, -0.2) is 4.79 Å². The van der Waals surface area contributed by atoms with Crippen molar-refractivity contribution < 1.29 is 29.0 Å². The van der Waals surface area contributed by atoms with Crippen LogP contribution in [0.15, 0.2) is 24.3 Å². The van der Waals surface area contributed by atoms with E-state index in [1.165, 1.54) is 4.90 Å². The van der Waals surface area contributed by atoms with Crippen LogP contribution in [0.25, 0.3) is 10.8 Å². The average molecular weight is 400 g/mol. The zero-order valence-electron chi connectivity index (χ0n) is 14.7. The summed E-state index contributed by atoms with van der Waals surface area (Å²) >= 11 is 0. The molecule has 148 valence electrons. The first-order valence-electron chi connectivity index (χ1n) is 8.46. The molecule has 3 amide bonds. The third kappa shape index (κ3) is 2.90. The summed E-state index contributed by atoms with van der Waals surface area (Å²) in [5.74, 6) is -1.53. The van der Waals surface area contributed by atoms with E-state index in [0.29, 0.717) is 6.54 Å². The minimum Gasteiger partial charge on any atom is -0.448 e. The first kappa shape index (κ1) is 18.3. The van der Waals surface area contributed by atoms with Crippen LogP contribution in [0.2, 0.25) is 0 Å². The molecule has 2 aromatic rings. The van der Waals surface area contributed by atoms with Gasteiger partial charge in [0.25, 0.3) is 23.2 Å². The summed E-state index contributed by atoms with van der Waals surface area (Å²) in [6.45, 7) is 0.331. The predicted molar refractivity (Wildman–Crippen MR) is 95.5 cm³/mol. The van der Waals surface area contributed by atoms with Gasteiger partial charge in [0.2, 0.25) is 0 Å². The largest absolute Gasteiger partial charge is 0.448 e. The second-order valence-electron chi connectivity index (χ2n) is 6.46. The smallest absolute Gasteiger partial charge is 0.410 e. The summed E-state index contributed by atoms with van der Waals surface area (Å²) in [5, 5.41) is 22.7. The van der Waals surface area contributed by atoms with Gasteiger partial charge in [-0.05, 0) is 5.39 Å². The number of rotatable bonds is 5. The van der Waals surface area contributed by atoms with Crippen molar-refractivity contribution in [2.75, 3.05) is 26.2 Å². The number of benzene rings is 2. The summed E-state index contributed by atoms with van der Waals surface area (Å²) in [6.07, 6.45) is -0.573. The zero-order chi connectivity index (χ0) is 20.9. The molecule has 0 unspecified atom stereocenters. The number of imide groups is 1. The Kier molecular flexibility index (Phi) is 4.10. The van der Waals surface area contributed by atoms with Crippen LogP contribution in [-0.4, -0.2) is 63.8 Å².